The summed E-state index contributed by atoms with van der Waals surface area (Å²) in [7, 11) is 1.65. The van der Waals surface area contributed by atoms with Gasteiger partial charge in [-0.2, -0.15) is 0 Å². The number of rotatable bonds is 7. The van der Waals surface area contributed by atoms with Crippen LogP contribution in [0.3, 0.4) is 0 Å². The van der Waals surface area contributed by atoms with E-state index in [4.69, 9.17) is 10.1 Å². The molecule has 2 unspecified atom stereocenters. The predicted octanol–water partition coefficient (Wildman–Crippen LogP) is 2.51. The first-order valence-electron chi connectivity index (χ1n) is 12.7. The van der Waals surface area contributed by atoms with Crippen LogP contribution in [-0.4, -0.2) is 62.3 Å². The number of pyridine rings is 1. The molecule has 0 radical (unpaired) electrons. The lowest BCUT2D eigenvalue weighted by atomic mass is 9.99. The Balaban J connectivity index is 1.77. The second-order valence-corrected chi connectivity index (χ2v) is 10.0. The average Bonchev–Trinajstić information content (AvgIpc) is 3.61. The van der Waals surface area contributed by atoms with Crippen LogP contribution < -0.4 is 10.2 Å². The third-order valence-corrected chi connectivity index (χ3v) is 7.05. The van der Waals surface area contributed by atoms with Crippen LogP contribution in [0.5, 0.6) is 0 Å². The van der Waals surface area contributed by atoms with Crippen LogP contribution in [0.4, 0.5) is 17.2 Å². The van der Waals surface area contributed by atoms with Crippen LogP contribution in [0, 0.1) is 37.0 Å². The number of nitrogens with one attached hydrogen (secondary N) is 2. The molecule has 1 heterocycles. The molecule has 2 atom stereocenters. The number of amides is 1. The van der Waals surface area contributed by atoms with Gasteiger partial charge >= 0.3 is 17.8 Å². The minimum absolute atomic E-state index is 0.107. The Kier molecular flexibility index (Phi) is 7.92. The number of carbonyl (C=O) groups excluding carboxylic acids is 1. The number of anilines is 3. The van der Waals surface area contributed by atoms with Gasteiger partial charge in [-0.05, 0) is 86.8 Å². The zero-order valence-electron chi connectivity index (χ0n) is 22.0. The Bertz CT molecular complexity index is 1370. The second-order valence-electron chi connectivity index (χ2n) is 10.0. The number of carbonyl (C=O) groups is 2. The van der Waals surface area contributed by atoms with E-state index in [9.17, 15) is 30.0 Å². The molecule has 39 heavy (non-hydrogen) atoms. The lowest BCUT2D eigenvalue weighted by Crippen LogP contribution is -2.30. The van der Waals surface area contributed by atoms with E-state index in [1.807, 2.05) is 26.0 Å². The maximum absolute atomic E-state index is 13.4. The van der Waals surface area contributed by atoms with Gasteiger partial charge in [-0.3, -0.25) is 19.9 Å². The largest absolute Gasteiger partial charge is 0.481 e. The monoisotopic (exact) mass is 536 g/mol. The van der Waals surface area contributed by atoms with Gasteiger partial charge in [0.25, 0.3) is 0 Å². The van der Waals surface area contributed by atoms with E-state index in [0.717, 1.165) is 29.5 Å². The van der Waals surface area contributed by atoms with E-state index in [2.05, 4.69) is 16.2 Å². The molecule has 0 spiro atoms. The van der Waals surface area contributed by atoms with Crippen molar-refractivity contribution in [1.82, 2.24) is 4.98 Å². The summed E-state index contributed by atoms with van der Waals surface area (Å²) in [5.74, 6) is -1.78. The summed E-state index contributed by atoms with van der Waals surface area (Å²) >= 11 is 0. The number of carboxylic acid groups (broad SMARTS) is 1. The Morgan fingerprint density at radius 2 is 1.82 bits per heavy atom. The first-order chi connectivity index (χ1) is 18.4. The molecule has 1 aromatic carbocycles. The SMILES string of the molecule is CNc1ccc(N(C(=O)C#CC(O)(O)O)c2cc(C)c(C)cc2C2CC2)nc1C(=N)OC1CCC(C(=O)O)C1. The standard InChI is InChI=1S/C28H32N4O7/c1-15-12-20(17-4-5-17)22(13-16(15)2)32(24(33)10-11-28(36,37)38)23-9-8-21(30-3)25(31-23)26(29)39-19-7-6-18(14-19)27(34)35/h8-9,12-13,17-19,29-30,36-38H,4-7,14H2,1-3H3,(H,34,35). The number of ether oxygens (including phenoxy) is 1. The number of nitrogens with zero attached hydrogens (tertiary/aromatic N) is 2. The molecule has 2 aliphatic rings. The highest BCUT2D eigenvalue weighted by atomic mass is 16.7. The number of hydrogen-bond donors (Lipinski definition) is 6. The zero-order valence-corrected chi connectivity index (χ0v) is 22.0. The molecule has 206 valence electrons. The molecule has 6 N–H and O–H groups in total. The highest BCUT2D eigenvalue weighted by molar-refractivity contribution is 6.11. The normalized spacial score (nSPS) is 18.6. The highest BCUT2D eigenvalue weighted by Gasteiger charge is 2.34. The van der Waals surface area contributed by atoms with Gasteiger partial charge in [-0.25, -0.2) is 4.98 Å². The van der Waals surface area contributed by atoms with Gasteiger partial charge < -0.3 is 30.5 Å². The number of hydrogen-bond acceptors (Lipinski definition) is 9. The lowest BCUT2D eigenvalue weighted by Gasteiger charge is -2.25. The van der Waals surface area contributed by atoms with Gasteiger partial charge in [0, 0.05) is 18.9 Å². The lowest BCUT2D eigenvalue weighted by molar-refractivity contribution is -0.265. The fourth-order valence-electron chi connectivity index (χ4n) is 4.71. The van der Waals surface area contributed by atoms with E-state index in [-0.39, 0.29) is 29.7 Å². The van der Waals surface area contributed by atoms with Gasteiger partial charge in [0.2, 0.25) is 5.90 Å². The molecule has 1 amide bonds. The van der Waals surface area contributed by atoms with Crippen molar-refractivity contribution in [1.29, 1.82) is 5.41 Å². The molecule has 2 fully saturated rings. The minimum atomic E-state index is -3.36. The van der Waals surface area contributed by atoms with E-state index in [1.165, 1.54) is 4.90 Å². The van der Waals surface area contributed by atoms with Crippen LogP contribution in [0.1, 0.15) is 60.4 Å². The number of aliphatic hydroxyl groups is 3. The maximum atomic E-state index is 13.4. The quantitative estimate of drug-likeness (QED) is 0.134. The van der Waals surface area contributed by atoms with Crippen molar-refractivity contribution in [2.24, 2.45) is 5.92 Å². The molecule has 4 rings (SSSR count). The number of carboxylic acids is 1. The van der Waals surface area contributed by atoms with E-state index < -0.39 is 29.9 Å². The van der Waals surface area contributed by atoms with Crippen molar-refractivity contribution in [3.63, 3.8) is 0 Å². The maximum Gasteiger partial charge on any atom is 0.346 e. The number of aryl methyl sites for hydroxylation is 2. The van der Waals surface area contributed by atoms with Gasteiger partial charge in [-0.1, -0.05) is 6.07 Å². The summed E-state index contributed by atoms with van der Waals surface area (Å²) in [6.07, 6.45) is 2.68. The molecular weight excluding hydrogens is 504 g/mol. The molecule has 11 nitrogen and oxygen atoms in total. The average molecular weight is 537 g/mol. The first kappa shape index (κ1) is 28.0. The number of benzene rings is 1. The number of aromatic nitrogens is 1. The van der Waals surface area contributed by atoms with E-state index >= 15 is 0 Å². The molecule has 2 aliphatic carbocycles. The molecule has 2 saturated carbocycles. The van der Waals surface area contributed by atoms with Crippen LogP contribution in [0.2, 0.25) is 0 Å². The Morgan fingerprint density at radius 1 is 1.13 bits per heavy atom. The van der Waals surface area contributed by atoms with Crippen LogP contribution in [0.25, 0.3) is 0 Å². The summed E-state index contributed by atoms with van der Waals surface area (Å²) in [6, 6.07) is 7.04. The summed E-state index contributed by atoms with van der Waals surface area (Å²) in [4.78, 5) is 30.6. The van der Waals surface area contributed by atoms with E-state index in [0.29, 0.717) is 24.2 Å². The first-order valence-corrected chi connectivity index (χ1v) is 12.7. The highest BCUT2D eigenvalue weighted by Crippen LogP contribution is 2.46. The molecule has 11 heteroatoms. The van der Waals surface area contributed by atoms with Crippen molar-refractivity contribution in [2.75, 3.05) is 17.3 Å². The van der Waals surface area contributed by atoms with Gasteiger partial charge in [0.15, 0.2) is 0 Å². The van der Waals surface area contributed by atoms with Crippen molar-refractivity contribution >= 4 is 35.0 Å². The van der Waals surface area contributed by atoms with Crippen LogP contribution in [0.15, 0.2) is 24.3 Å². The second kappa shape index (κ2) is 11.0. The summed E-state index contributed by atoms with van der Waals surface area (Å²) in [5, 5.41) is 48.6. The van der Waals surface area contributed by atoms with Crippen molar-refractivity contribution in [3.05, 3.63) is 46.6 Å². The third kappa shape index (κ3) is 6.54. The Hall–Kier alpha value is -3.98. The van der Waals surface area contributed by atoms with E-state index in [1.54, 1.807) is 25.1 Å². The summed E-state index contributed by atoms with van der Waals surface area (Å²) in [6.45, 7) is 3.88. The topological polar surface area (TPSA) is 176 Å². The molecule has 0 bridgehead atoms. The molecule has 2 aromatic rings. The minimum Gasteiger partial charge on any atom is -0.481 e. The summed E-state index contributed by atoms with van der Waals surface area (Å²) < 4.78 is 5.81. The Labute approximate surface area is 226 Å². The molecule has 0 saturated heterocycles. The van der Waals surface area contributed by atoms with Gasteiger partial charge in [0.1, 0.15) is 17.6 Å². The van der Waals surface area contributed by atoms with Crippen LogP contribution >= 0.6 is 0 Å². The third-order valence-electron chi connectivity index (χ3n) is 7.05. The van der Waals surface area contributed by atoms with Crippen molar-refractivity contribution in [3.8, 4) is 11.8 Å². The fraction of sp³-hybridized carbons (Fsp3) is 0.429. The van der Waals surface area contributed by atoms with Crippen molar-refractivity contribution < 1.29 is 34.8 Å². The van der Waals surface area contributed by atoms with Gasteiger partial charge in [0.05, 0.1) is 17.3 Å². The molecule has 1 aromatic heterocycles. The smallest absolute Gasteiger partial charge is 0.346 e. The van der Waals surface area contributed by atoms with Crippen LogP contribution in [-0.2, 0) is 14.3 Å². The molecule has 0 aliphatic heterocycles. The molecular formula is C28H32N4O7. The summed E-state index contributed by atoms with van der Waals surface area (Å²) in [5.41, 5.74) is 3.95. The Morgan fingerprint density at radius 3 is 2.41 bits per heavy atom. The van der Waals surface area contributed by atoms with Gasteiger partial charge in [-0.15, -0.1) is 0 Å². The predicted molar refractivity (Wildman–Crippen MR) is 143 cm³/mol. The van der Waals surface area contributed by atoms with Crippen molar-refractivity contribution in [2.45, 2.75) is 63.9 Å². The fourth-order valence-corrected chi connectivity index (χ4v) is 4.71. The zero-order chi connectivity index (χ0) is 28.5. The number of aliphatic carboxylic acids is 1.